The highest BCUT2D eigenvalue weighted by Crippen LogP contribution is 2.32. The lowest BCUT2D eigenvalue weighted by Crippen LogP contribution is -2.39. The van der Waals surface area contributed by atoms with Crippen LogP contribution in [0.1, 0.15) is 48.0 Å². The third-order valence-corrected chi connectivity index (χ3v) is 5.63. The molecule has 8 heteroatoms. The van der Waals surface area contributed by atoms with Crippen LogP contribution in [0.25, 0.3) is 0 Å². The van der Waals surface area contributed by atoms with Crippen molar-refractivity contribution in [1.82, 2.24) is 14.9 Å². The summed E-state index contributed by atoms with van der Waals surface area (Å²) >= 11 is 0. The molecule has 0 bridgehead atoms. The maximum absolute atomic E-state index is 13.0. The first-order chi connectivity index (χ1) is 14.3. The minimum atomic E-state index is -4.32. The van der Waals surface area contributed by atoms with E-state index >= 15 is 0 Å². The number of nitrogens with zero attached hydrogens (tertiary/aromatic N) is 4. The Balaban J connectivity index is 1.58. The van der Waals surface area contributed by atoms with Crippen LogP contribution in [0, 0.1) is 0 Å². The summed E-state index contributed by atoms with van der Waals surface area (Å²) in [6, 6.07) is 5.59. The normalized spacial score (nSPS) is 18.0. The predicted molar refractivity (Wildman–Crippen MR) is 108 cm³/mol. The molecule has 0 radical (unpaired) electrons. The van der Waals surface area contributed by atoms with Crippen LogP contribution in [0.5, 0.6) is 0 Å². The zero-order valence-corrected chi connectivity index (χ0v) is 17.4. The predicted octanol–water partition coefficient (Wildman–Crippen LogP) is 4.01. The van der Waals surface area contributed by atoms with Crippen molar-refractivity contribution in [1.29, 1.82) is 0 Å². The summed E-state index contributed by atoms with van der Waals surface area (Å²) < 4.78 is 44.6. The van der Waals surface area contributed by atoms with Crippen molar-refractivity contribution in [2.75, 3.05) is 37.7 Å². The molecule has 0 saturated carbocycles. The first-order valence-electron chi connectivity index (χ1n) is 10.4. The highest BCUT2D eigenvalue weighted by atomic mass is 19.4. The lowest BCUT2D eigenvalue weighted by molar-refractivity contribution is -0.137. The van der Waals surface area contributed by atoms with Gasteiger partial charge in [0.1, 0.15) is 11.6 Å². The van der Waals surface area contributed by atoms with Gasteiger partial charge in [-0.3, -0.25) is 4.90 Å². The number of fused-ring (bicyclic) bond motifs is 1. The van der Waals surface area contributed by atoms with Crippen molar-refractivity contribution >= 4 is 5.82 Å². The van der Waals surface area contributed by atoms with Crippen LogP contribution in [0.4, 0.5) is 19.0 Å². The number of hydrogen-bond donors (Lipinski definition) is 0. The minimum Gasteiger partial charge on any atom is -0.378 e. The van der Waals surface area contributed by atoms with Gasteiger partial charge in [-0.05, 0) is 18.1 Å². The number of alkyl halides is 3. The molecular formula is C22H27F3N4O. The molecule has 0 aliphatic carbocycles. The summed E-state index contributed by atoms with van der Waals surface area (Å²) in [6.07, 6.45) is -3.53. The zero-order valence-electron chi connectivity index (χ0n) is 17.4. The van der Waals surface area contributed by atoms with Crippen LogP contribution in [0.15, 0.2) is 24.3 Å². The largest absolute Gasteiger partial charge is 0.416 e. The Labute approximate surface area is 174 Å². The van der Waals surface area contributed by atoms with Crippen LogP contribution in [-0.2, 0) is 30.4 Å². The average Bonchev–Trinajstić information content (AvgIpc) is 2.73. The van der Waals surface area contributed by atoms with Crippen LogP contribution in [0.3, 0.4) is 0 Å². The Morgan fingerprint density at radius 2 is 1.87 bits per heavy atom. The Morgan fingerprint density at radius 3 is 2.57 bits per heavy atom. The van der Waals surface area contributed by atoms with Crippen LogP contribution in [0.2, 0.25) is 0 Å². The van der Waals surface area contributed by atoms with Gasteiger partial charge in [0.25, 0.3) is 0 Å². The van der Waals surface area contributed by atoms with Crippen molar-refractivity contribution in [2.45, 2.75) is 45.5 Å². The molecular weight excluding hydrogens is 393 g/mol. The molecule has 0 unspecified atom stereocenters. The maximum Gasteiger partial charge on any atom is 0.416 e. The molecule has 2 aromatic rings. The zero-order chi connectivity index (χ0) is 21.3. The SMILES string of the molecule is CC(C)c1nc2c(c(N3CCOCC3)n1)CCN(Cc1cccc(C(F)(F)F)c1)C2. The van der Waals surface area contributed by atoms with Crippen LogP contribution >= 0.6 is 0 Å². The van der Waals surface area contributed by atoms with E-state index < -0.39 is 11.7 Å². The molecule has 0 amide bonds. The van der Waals surface area contributed by atoms with Crippen molar-refractivity contribution in [3.63, 3.8) is 0 Å². The molecule has 1 fully saturated rings. The summed E-state index contributed by atoms with van der Waals surface area (Å²) in [5, 5.41) is 0. The number of benzene rings is 1. The molecule has 4 rings (SSSR count). The standard InChI is InChI=1S/C22H27F3N4O/c1-15(2)20-26-19-14-28(13-16-4-3-5-17(12-16)22(23,24)25)7-6-18(19)21(27-20)29-8-10-30-11-9-29/h3-5,12,15H,6-11,13-14H2,1-2H3. The number of anilines is 1. The van der Waals surface area contributed by atoms with E-state index in [-0.39, 0.29) is 5.92 Å². The summed E-state index contributed by atoms with van der Waals surface area (Å²) in [5.41, 5.74) is 2.23. The Bertz CT molecular complexity index is 894. The number of hydrogen-bond acceptors (Lipinski definition) is 5. The van der Waals surface area contributed by atoms with E-state index in [1.54, 1.807) is 6.07 Å². The smallest absolute Gasteiger partial charge is 0.378 e. The number of aromatic nitrogens is 2. The molecule has 162 valence electrons. The Kier molecular flexibility index (Phi) is 5.97. The van der Waals surface area contributed by atoms with Crippen molar-refractivity contribution in [3.05, 3.63) is 52.5 Å². The van der Waals surface area contributed by atoms with E-state index in [9.17, 15) is 13.2 Å². The summed E-state index contributed by atoms with van der Waals surface area (Å²) in [6.45, 7) is 9.02. The van der Waals surface area contributed by atoms with E-state index in [1.807, 2.05) is 0 Å². The van der Waals surface area contributed by atoms with Gasteiger partial charge in [0.05, 0.1) is 24.5 Å². The fourth-order valence-electron chi connectivity index (χ4n) is 4.02. The van der Waals surface area contributed by atoms with E-state index in [0.29, 0.717) is 31.9 Å². The molecule has 3 heterocycles. The molecule has 30 heavy (non-hydrogen) atoms. The average molecular weight is 420 g/mol. The number of rotatable bonds is 4. The molecule has 0 N–H and O–H groups in total. The van der Waals surface area contributed by atoms with E-state index in [0.717, 1.165) is 49.5 Å². The molecule has 1 saturated heterocycles. The first-order valence-corrected chi connectivity index (χ1v) is 10.4. The summed E-state index contributed by atoms with van der Waals surface area (Å²) in [4.78, 5) is 14.1. The fourth-order valence-corrected chi connectivity index (χ4v) is 4.02. The third-order valence-electron chi connectivity index (χ3n) is 5.63. The number of morpholine rings is 1. The summed E-state index contributed by atoms with van der Waals surface area (Å²) in [7, 11) is 0. The molecule has 1 aromatic carbocycles. The highest BCUT2D eigenvalue weighted by molar-refractivity contribution is 5.51. The monoisotopic (exact) mass is 420 g/mol. The van der Waals surface area contributed by atoms with Crippen molar-refractivity contribution in [2.24, 2.45) is 0 Å². The van der Waals surface area contributed by atoms with Gasteiger partial charge in [-0.15, -0.1) is 0 Å². The molecule has 5 nitrogen and oxygen atoms in total. The van der Waals surface area contributed by atoms with E-state index in [2.05, 4.69) is 23.6 Å². The van der Waals surface area contributed by atoms with Gasteiger partial charge in [-0.25, -0.2) is 9.97 Å². The second-order valence-corrected chi connectivity index (χ2v) is 8.24. The van der Waals surface area contributed by atoms with Crippen LogP contribution in [-0.4, -0.2) is 47.7 Å². The number of ether oxygens (including phenoxy) is 1. The molecule has 2 aliphatic rings. The van der Waals surface area contributed by atoms with Gasteiger partial charge in [0.15, 0.2) is 0 Å². The van der Waals surface area contributed by atoms with Gasteiger partial charge >= 0.3 is 6.18 Å². The van der Waals surface area contributed by atoms with Crippen molar-refractivity contribution in [3.8, 4) is 0 Å². The van der Waals surface area contributed by atoms with Crippen molar-refractivity contribution < 1.29 is 17.9 Å². The minimum absolute atomic E-state index is 0.203. The molecule has 1 aromatic heterocycles. The lowest BCUT2D eigenvalue weighted by atomic mass is 10.0. The molecule has 2 aliphatic heterocycles. The first kappa shape index (κ1) is 21.1. The van der Waals surface area contributed by atoms with Gasteiger partial charge < -0.3 is 9.64 Å². The van der Waals surface area contributed by atoms with Gasteiger partial charge in [-0.1, -0.05) is 32.0 Å². The Morgan fingerprint density at radius 1 is 1.10 bits per heavy atom. The van der Waals surface area contributed by atoms with Crippen LogP contribution < -0.4 is 4.90 Å². The molecule has 0 spiro atoms. The van der Waals surface area contributed by atoms with E-state index in [4.69, 9.17) is 14.7 Å². The second kappa shape index (κ2) is 8.51. The third kappa shape index (κ3) is 4.59. The maximum atomic E-state index is 13.0. The summed E-state index contributed by atoms with van der Waals surface area (Å²) in [5.74, 6) is 2.02. The van der Waals surface area contributed by atoms with Gasteiger partial charge in [0.2, 0.25) is 0 Å². The fraction of sp³-hybridized carbons (Fsp3) is 0.545. The molecule has 0 atom stereocenters. The Hall–Kier alpha value is -2.19. The van der Waals surface area contributed by atoms with E-state index in [1.165, 1.54) is 17.7 Å². The number of halogens is 3. The lowest BCUT2D eigenvalue weighted by Gasteiger charge is -2.34. The second-order valence-electron chi connectivity index (χ2n) is 8.24. The van der Waals surface area contributed by atoms with Gasteiger partial charge in [-0.2, -0.15) is 13.2 Å². The topological polar surface area (TPSA) is 41.5 Å². The quantitative estimate of drug-likeness (QED) is 0.748. The highest BCUT2D eigenvalue weighted by Gasteiger charge is 2.31. The van der Waals surface area contributed by atoms with Gasteiger partial charge in [0, 0.05) is 44.2 Å².